The SMILES string of the molecule is [CH2]OCc1sc(-c2ccccc2)nc1C. The Morgan fingerprint density at radius 2 is 2.07 bits per heavy atom. The molecule has 0 atom stereocenters. The molecule has 0 fully saturated rings. The highest BCUT2D eigenvalue weighted by Gasteiger charge is 2.08. The predicted octanol–water partition coefficient (Wildman–Crippen LogP) is 3.43. The Labute approximate surface area is 93.6 Å². The molecular formula is C12H12NOS. The van der Waals surface area contributed by atoms with E-state index in [-0.39, 0.29) is 0 Å². The van der Waals surface area contributed by atoms with Crippen molar-refractivity contribution in [1.29, 1.82) is 0 Å². The average Bonchev–Trinajstić information content (AvgIpc) is 2.63. The van der Waals surface area contributed by atoms with Crippen LogP contribution in [-0.4, -0.2) is 4.98 Å². The molecule has 15 heavy (non-hydrogen) atoms. The lowest BCUT2D eigenvalue weighted by Crippen LogP contribution is -1.83. The number of hydrogen-bond acceptors (Lipinski definition) is 3. The lowest BCUT2D eigenvalue weighted by molar-refractivity contribution is 0.231. The van der Waals surface area contributed by atoms with Gasteiger partial charge in [-0.3, -0.25) is 0 Å². The van der Waals surface area contributed by atoms with Crippen LogP contribution in [0.25, 0.3) is 10.6 Å². The highest BCUT2D eigenvalue weighted by atomic mass is 32.1. The highest BCUT2D eigenvalue weighted by molar-refractivity contribution is 7.15. The maximum atomic E-state index is 4.88. The van der Waals surface area contributed by atoms with Crippen LogP contribution in [0, 0.1) is 14.0 Å². The zero-order chi connectivity index (χ0) is 10.7. The third-order valence-electron chi connectivity index (χ3n) is 2.15. The van der Waals surface area contributed by atoms with E-state index in [1.54, 1.807) is 11.3 Å². The van der Waals surface area contributed by atoms with Crippen molar-refractivity contribution in [2.24, 2.45) is 0 Å². The second-order valence-corrected chi connectivity index (χ2v) is 4.33. The Hall–Kier alpha value is -1.19. The van der Waals surface area contributed by atoms with E-state index in [0.29, 0.717) is 6.61 Å². The molecule has 0 N–H and O–H groups in total. The van der Waals surface area contributed by atoms with Crippen LogP contribution in [0.4, 0.5) is 0 Å². The molecule has 0 saturated heterocycles. The van der Waals surface area contributed by atoms with Gasteiger partial charge in [-0.05, 0) is 6.92 Å². The van der Waals surface area contributed by atoms with Gasteiger partial charge >= 0.3 is 0 Å². The maximum Gasteiger partial charge on any atom is 0.123 e. The standard InChI is InChI=1S/C12H12NOS/c1-9-11(8-14-2)15-12(13-9)10-6-4-3-5-7-10/h3-7H,2,8H2,1H3. The molecule has 2 rings (SSSR count). The highest BCUT2D eigenvalue weighted by Crippen LogP contribution is 2.27. The Bertz CT molecular complexity index is 436. The molecule has 0 bridgehead atoms. The summed E-state index contributed by atoms with van der Waals surface area (Å²) in [6, 6.07) is 10.2. The largest absolute Gasteiger partial charge is 0.373 e. The van der Waals surface area contributed by atoms with Gasteiger partial charge in [0.2, 0.25) is 0 Å². The molecule has 0 aliphatic rings. The second-order valence-electron chi connectivity index (χ2n) is 3.24. The van der Waals surface area contributed by atoms with E-state index in [4.69, 9.17) is 4.74 Å². The molecule has 0 amide bonds. The molecular weight excluding hydrogens is 206 g/mol. The molecule has 2 nitrogen and oxygen atoms in total. The smallest absolute Gasteiger partial charge is 0.123 e. The first-order valence-corrected chi connectivity index (χ1v) is 5.51. The first-order chi connectivity index (χ1) is 7.31. The summed E-state index contributed by atoms with van der Waals surface area (Å²) in [6.45, 7) is 2.54. The van der Waals surface area contributed by atoms with Crippen molar-refractivity contribution in [3.05, 3.63) is 48.0 Å². The van der Waals surface area contributed by atoms with E-state index in [0.717, 1.165) is 21.1 Å². The molecule has 1 aromatic heterocycles. The van der Waals surface area contributed by atoms with Crippen molar-refractivity contribution in [1.82, 2.24) is 4.98 Å². The molecule has 2 aromatic rings. The molecule has 1 heterocycles. The average molecular weight is 218 g/mol. The summed E-state index contributed by atoms with van der Waals surface area (Å²) in [5, 5.41) is 1.04. The minimum Gasteiger partial charge on any atom is -0.373 e. The van der Waals surface area contributed by atoms with Crippen LogP contribution in [0.15, 0.2) is 30.3 Å². The summed E-state index contributed by atoms with van der Waals surface area (Å²) < 4.78 is 4.88. The maximum absolute atomic E-state index is 4.88. The van der Waals surface area contributed by atoms with E-state index in [1.807, 2.05) is 25.1 Å². The quantitative estimate of drug-likeness (QED) is 0.787. The van der Waals surface area contributed by atoms with Crippen LogP contribution >= 0.6 is 11.3 Å². The molecule has 0 aliphatic carbocycles. The van der Waals surface area contributed by atoms with E-state index < -0.39 is 0 Å². The van der Waals surface area contributed by atoms with Crippen LogP contribution in [0.5, 0.6) is 0 Å². The van der Waals surface area contributed by atoms with Crippen molar-refractivity contribution in [3.63, 3.8) is 0 Å². The van der Waals surface area contributed by atoms with E-state index in [1.165, 1.54) is 0 Å². The number of thiazole rings is 1. The van der Waals surface area contributed by atoms with Gasteiger partial charge in [0.1, 0.15) is 5.01 Å². The second kappa shape index (κ2) is 4.55. The summed E-state index contributed by atoms with van der Waals surface area (Å²) >= 11 is 1.66. The molecule has 0 saturated carbocycles. The molecule has 3 heteroatoms. The van der Waals surface area contributed by atoms with Crippen LogP contribution in [0.3, 0.4) is 0 Å². The number of aryl methyl sites for hydroxylation is 1. The Morgan fingerprint density at radius 3 is 2.73 bits per heavy atom. The Kier molecular flexibility index (Phi) is 3.14. The third-order valence-corrected chi connectivity index (χ3v) is 3.33. The minimum atomic E-state index is 0.538. The topological polar surface area (TPSA) is 22.1 Å². The fraction of sp³-hybridized carbons (Fsp3) is 0.167. The van der Waals surface area contributed by atoms with Gasteiger partial charge in [0.05, 0.1) is 24.3 Å². The third kappa shape index (κ3) is 2.25. The van der Waals surface area contributed by atoms with Crippen molar-refractivity contribution in [2.75, 3.05) is 0 Å². The van der Waals surface area contributed by atoms with E-state index >= 15 is 0 Å². The van der Waals surface area contributed by atoms with Crippen LogP contribution in [-0.2, 0) is 11.3 Å². The van der Waals surface area contributed by atoms with Crippen molar-refractivity contribution in [2.45, 2.75) is 13.5 Å². The summed E-state index contributed by atoms with van der Waals surface area (Å²) in [5.41, 5.74) is 2.18. The summed E-state index contributed by atoms with van der Waals surface area (Å²) in [5.74, 6) is 0. The van der Waals surface area contributed by atoms with Crippen LogP contribution in [0.2, 0.25) is 0 Å². The molecule has 1 radical (unpaired) electrons. The molecule has 0 aliphatic heterocycles. The Morgan fingerprint density at radius 1 is 1.33 bits per heavy atom. The van der Waals surface area contributed by atoms with Gasteiger partial charge in [0.25, 0.3) is 0 Å². The fourth-order valence-corrected chi connectivity index (χ4v) is 2.36. The molecule has 0 unspecified atom stereocenters. The minimum absolute atomic E-state index is 0.538. The first-order valence-electron chi connectivity index (χ1n) is 4.70. The zero-order valence-electron chi connectivity index (χ0n) is 8.56. The van der Waals surface area contributed by atoms with Crippen molar-refractivity contribution in [3.8, 4) is 10.6 Å². The van der Waals surface area contributed by atoms with Gasteiger partial charge in [-0.1, -0.05) is 30.3 Å². The monoisotopic (exact) mass is 218 g/mol. The number of ether oxygens (including phenoxy) is 1. The number of aromatic nitrogens is 1. The van der Waals surface area contributed by atoms with Gasteiger partial charge in [0.15, 0.2) is 0 Å². The van der Waals surface area contributed by atoms with Gasteiger partial charge in [0, 0.05) is 5.56 Å². The zero-order valence-corrected chi connectivity index (χ0v) is 9.38. The van der Waals surface area contributed by atoms with Gasteiger partial charge in [-0.25, -0.2) is 4.98 Å². The molecule has 1 aromatic carbocycles. The molecule has 77 valence electrons. The number of rotatable bonds is 3. The van der Waals surface area contributed by atoms with Gasteiger partial charge in [-0.2, -0.15) is 0 Å². The summed E-state index contributed by atoms with van der Waals surface area (Å²) in [7, 11) is 3.38. The molecule has 0 spiro atoms. The van der Waals surface area contributed by atoms with Crippen LogP contribution in [0.1, 0.15) is 10.6 Å². The predicted molar refractivity (Wildman–Crippen MR) is 62.4 cm³/mol. The van der Waals surface area contributed by atoms with Gasteiger partial charge in [-0.15, -0.1) is 11.3 Å². The lowest BCUT2D eigenvalue weighted by atomic mass is 10.2. The number of hydrogen-bond donors (Lipinski definition) is 0. The first kappa shape index (κ1) is 10.3. The lowest BCUT2D eigenvalue weighted by Gasteiger charge is -1.93. The Balaban J connectivity index is 2.34. The van der Waals surface area contributed by atoms with E-state index in [2.05, 4.69) is 24.2 Å². The van der Waals surface area contributed by atoms with Crippen LogP contribution < -0.4 is 0 Å². The summed E-state index contributed by atoms with van der Waals surface area (Å²) in [4.78, 5) is 5.65. The number of nitrogens with zero attached hydrogens (tertiary/aromatic N) is 1. The normalized spacial score (nSPS) is 10.5. The van der Waals surface area contributed by atoms with Crippen molar-refractivity contribution >= 4 is 11.3 Å². The number of benzene rings is 1. The summed E-state index contributed by atoms with van der Waals surface area (Å²) in [6.07, 6.45) is 0. The van der Waals surface area contributed by atoms with Crippen molar-refractivity contribution < 1.29 is 4.74 Å². The fourth-order valence-electron chi connectivity index (χ4n) is 1.36. The van der Waals surface area contributed by atoms with E-state index in [9.17, 15) is 0 Å². The van der Waals surface area contributed by atoms with Gasteiger partial charge < -0.3 is 4.74 Å².